The van der Waals surface area contributed by atoms with Crippen LogP contribution in [0.5, 0.6) is 5.75 Å². The zero-order valence-electron chi connectivity index (χ0n) is 14.9. The monoisotopic (exact) mass is 370 g/mol. The number of hydrogen-bond acceptors (Lipinski definition) is 6. The lowest BCUT2D eigenvalue weighted by Gasteiger charge is -2.35. The van der Waals surface area contributed by atoms with E-state index in [9.17, 15) is 9.18 Å². The molecule has 1 aromatic carbocycles. The minimum absolute atomic E-state index is 0.0635. The van der Waals surface area contributed by atoms with Gasteiger partial charge >= 0.3 is 0 Å². The first-order chi connectivity index (χ1) is 13.1. The molecule has 0 atom stereocenters. The van der Waals surface area contributed by atoms with Crippen LogP contribution in [0.25, 0.3) is 11.0 Å². The summed E-state index contributed by atoms with van der Waals surface area (Å²) in [6.45, 7) is 2.44. The fourth-order valence-corrected chi connectivity index (χ4v) is 3.14. The van der Waals surface area contributed by atoms with E-state index in [1.54, 1.807) is 15.8 Å². The predicted octanol–water partition coefficient (Wildman–Crippen LogP) is 1.23. The van der Waals surface area contributed by atoms with E-state index in [4.69, 9.17) is 4.74 Å². The molecule has 0 saturated carbocycles. The number of halogens is 1. The van der Waals surface area contributed by atoms with Crippen LogP contribution in [-0.2, 0) is 11.8 Å². The standard InChI is InChI=1S/C18H19FN6O2/c1-23-17-15(10-22-23)18(21-12-20-17)25-8-6-24(7-9-25)16(26)11-27-14-4-2-13(19)3-5-14/h2-5,10,12H,6-9,11H2,1H3. The molecule has 0 radical (unpaired) electrons. The molecule has 4 rings (SSSR count). The molecule has 1 aliphatic rings. The van der Waals surface area contributed by atoms with Crippen molar-refractivity contribution >= 4 is 22.8 Å². The summed E-state index contributed by atoms with van der Waals surface area (Å²) in [6.07, 6.45) is 3.30. The van der Waals surface area contributed by atoms with Gasteiger partial charge in [0, 0.05) is 33.2 Å². The van der Waals surface area contributed by atoms with Crippen LogP contribution in [0.15, 0.2) is 36.8 Å². The van der Waals surface area contributed by atoms with Crippen molar-refractivity contribution in [3.8, 4) is 5.75 Å². The van der Waals surface area contributed by atoms with Crippen LogP contribution in [0.4, 0.5) is 10.2 Å². The molecule has 0 N–H and O–H groups in total. The Labute approximate surface area is 155 Å². The van der Waals surface area contributed by atoms with Gasteiger partial charge in [0.1, 0.15) is 23.7 Å². The van der Waals surface area contributed by atoms with Gasteiger partial charge in [-0.1, -0.05) is 0 Å². The quantitative estimate of drug-likeness (QED) is 0.688. The number of fused-ring (bicyclic) bond motifs is 1. The van der Waals surface area contributed by atoms with E-state index in [1.807, 2.05) is 7.05 Å². The molecule has 1 aliphatic heterocycles. The number of amides is 1. The van der Waals surface area contributed by atoms with E-state index in [0.717, 1.165) is 16.9 Å². The molecular formula is C18H19FN6O2. The number of benzene rings is 1. The second-order valence-corrected chi connectivity index (χ2v) is 6.31. The number of carbonyl (C=O) groups excluding carboxylic acids is 1. The molecule has 0 unspecified atom stereocenters. The van der Waals surface area contributed by atoms with Crippen molar-refractivity contribution in [2.75, 3.05) is 37.7 Å². The molecule has 3 heterocycles. The third kappa shape index (κ3) is 3.53. The first-order valence-corrected chi connectivity index (χ1v) is 8.65. The van der Waals surface area contributed by atoms with Crippen molar-refractivity contribution in [3.05, 3.63) is 42.6 Å². The summed E-state index contributed by atoms with van der Waals surface area (Å²) < 4.78 is 20.1. The topological polar surface area (TPSA) is 76.4 Å². The molecular weight excluding hydrogens is 351 g/mol. The molecule has 1 fully saturated rings. The highest BCUT2D eigenvalue weighted by Crippen LogP contribution is 2.23. The maximum atomic E-state index is 12.9. The molecule has 140 valence electrons. The Kier molecular flexibility index (Phi) is 4.57. The summed E-state index contributed by atoms with van der Waals surface area (Å²) in [7, 11) is 1.84. The summed E-state index contributed by atoms with van der Waals surface area (Å²) in [6, 6.07) is 5.63. The highest BCUT2D eigenvalue weighted by molar-refractivity contribution is 5.86. The average Bonchev–Trinajstić information content (AvgIpc) is 3.09. The number of aromatic nitrogens is 4. The first kappa shape index (κ1) is 17.2. The van der Waals surface area contributed by atoms with Gasteiger partial charge in [0.25, 0.3) is 5.91 Å². The Morgan fingerprint density at radius 2 is 1.89 bits per heavy atom. The zero-order valence-corrected chi connectivity index (χ0v) is 14.9. The first-order valence-electron chi connectivity index (χ1n) is 8.65. The lowest BCUT2D eigenvalue weighted by molar-refractivity contribution is -0.133. The largest absolute Gasteiger partial charge is 0.484 e. The maximum absolute atomic E-state index is 12.9. The van der Waals surface area contributed by atoms with Crippen LogP contribution in [-0.4, -0.2) is 63.3 Å². The summed E-state index contributed by atoms with van der Waals surface area (Å²) >= 11 is 0. The van der Waals surface area contributed by atoms with Gasteiger partial charge in [-0.05, 0) is 24.3 Å². The number of piperazine rings is 1. The Morgan fingerprint density at radius 3 is 2.63 bits per heavy atom. The Hall–Kier alpha value is -3.23. The molecule has 0 aliphatic carbocycles. The molecule has 8 nitrogen and oxygen atoms in total. The van der Waals surface area contributed by atoms with Crippen LogP contribution in [0, 0.1) is 5.82 Å². The number of hydrogen-bond donors (Lipinski definition) is 0. The fraction of sp³-hybridized carbons (Fsp3) is 0.333. The summed E-state index contributed by atoms with van der Waals surface area (Å²) in [5.41, 5.74) is 0.784. The van der Waals surface area contributed by atoms with Crippen molar-refractivity contribution in [2.45, 2.75) is 0 Å². The van der Waals surface area contributed by atoms with Crippen LogP contribution in [0.2, 0.25) is 0 Å². The molecule has 1 saturated heterocycles. The van der Waals surface area contributed by atoms with Crippen LogP contribution in [0.1, 0.15) is 0 Å². The highest BCUT2D eigenvalue weighted by Gasteiger charge is 2.24. The average molecular weight is 370 g/mol. The molecule has 9 heteroatoms. The van der Waals surface area contributed by atoms with Gasteiger partial charge in [-0.25, -0.2) is 14.4 Å². The van der Waals surface area contributed by atoms with E-state index in [0.29, 0.717) is 31.9 Å². The normalized spacial score (nSPS) is 14.6. The molecule has 0 bridgehead atoms. The smallest absolute Gasteiger partial charge is 0.260 e. The SMILES string of the molecule is Cn1ncc2c(N3CCN(C(=O)COc4ccc(F)cc4)CC3)ncnc21. The summed E-state index contributed by atoms with van der Waals surface area (Å²) in [4.78, 5) is 24.9. The van der Waals surface area contributed by atoms with Gasteiger partial charge < -0.3 is 14.5 Å². The van der Waals surface area contributed by atoms with Gasteiger partial charge in [0.2, 0.25) is 0 Å². The van der Waals surface area contributed by atoms with E-state index in [-0.39, 0.29) is 18.3 Å². The number of anilines is 1. The van der Waals surface area contributed by atoms with Crippen LogP contribution < -0.4 is 9.64 Å². The Balaban J connectivity index is 1.35. The summed E-state index contributed by atoms with van der Waals surface area (Å²) in [5, 5.41) is 5.14. The molecule has 27 heavy (non-hydrogen) atoms. The number of carbonyl (C=O) groups is 1. The van der Waals surface area contributed by atoms with Crippen molar-refractivity contribution in [3.63, 3.8) is 0 Å². The van der Waals surface area contributed by atoms with Crippen molar-refractivity contribution in [2.24, 2.45) is 7.05 Å². The highest BCUT2D eigenvalue weighted by atomic mass is 19.1. The van der Waals surface area contributed by atoms with E-state index in [2.05, 4.69) is 20.0 Å². The predicted molar refractivity (Wildman–Crippen MR) is 97.0 cm³/mol. The van der Waals surface area contributed by atoms with Gasteiger partial charge in [0.05, 0.1) is 11.6 Å². The molecule has 3 aromatic rings. The molecule has 0 spiro atoms. The maximum Gasteiger partial charge on any atom is 0.260 e. The van der Waals surface area contributed by atoms with Gasteiger partial charge in [-0.3, -0.25) is 9.48 Å². The minimum atomic E-state index is -0.336. The third-order valence-electron chi connectivity index (χ3n) is 4.62. The number of nitrogens with zero attached hydrogens (tertiary/aromatic N) is 6. The van der Waals surface area contributed by atoms with Crippen molar-refractivity contribution in [1.82, 2.24) is 24.6 Å². The van der Waals surface area contributed by atoms with E-state index >= 15 is 0 Å². The lowest BCUT2D eigenvalue weighted by atomic mass is 10.2. The van der Waals surface area contributed by atoms with Gasteiger partial charge in [0.15, 0.2) is 12.3 Å². The van der Waals surface area contributed by atoms with E-state index < -0.39 is 0 Å². The zero-order chi connectivity index (χ0) is 18.8. The van der Waals surface area contributed by atoms with E-state index in [1.165, 1.54) is 30.6 Å². The third-order valence-corrected chi connectivity index (χ3v) is 4.62. The second-order valence-electron chi connectivity index (χ2n) is 6.31. The number of ether oxygens (including phenoxy) is 1. The molecule has 2 aromatic heterocycles. The minimum Gasteiger partial charge on any atom is -0.484 e. The Bertz CT molecular complexity index is 950. The van der Waals surface area contributed by atoms with Crippen LogP contribution in [0.3, 0.4) is 0 Å². The van der Waals surface area contributed by atoms with Crippen molar-refractivity contribution in [1.29, 1.82) is 0 Å². The van der Waals surface area contributed by atoms with Gasteiger partial charge in [-0.15, -0.1) is 0 Å². The van der Waals surface area contributed by atoms with Crippen molar-refractivity contribution < 1.29 is 13.9 Å². The lowest BCUT2D eigenvalue weighted by Crippen LogP contribution is -2.50. The van der Waals surface area contributed by atoms with Gasteiger partial charge in [-0.2, -0.15) is 5.10 Å². The summed E-state index contributed by atoms with van der Waals surface area (Å²) in [5.74, 6) is 0.886. The Morgan fingerprint density at radius 1 is 1.15 bits per heavy atom. The fourth-order valence-electron chi connectivity index (χ4n) is 3.14. The number of rotatable bonds is 4. The van der Waals surface area contributed by atoms with Crippen LogP contribution >= 0.6 is 0 Å². The number of aryl methyl sites for hydroxylation is 1. The molecule has 1 amide bonds. The second kappa shape index (κ2) is 7.18.